The molecule has 0 spiro atoms. The van der Waals surface area contributed by atoms with E-state index in [4.69, 9.17) is 9.84 Å². The van der Waals surface area contributed by atoms with Gasteiger partial charge in [0.2, 0.25) is 0 Å². The van der Waals surface area contributed by atoms with Gasteiger partial charge in [0, 0.05) is 26.6 Å². The molecule has 1 fully saturated rings. The number of hydrogen-bond donors (Lipinski definition) is 3. The van der Waals surface area contributed by atoms with Crippen LogP contribution in [-0.2, 0) is 9.53 Å². The fourth-order valence-corrected chi connectivity index (χ4v) is 1.98. The molecule has 0 aromatic rings. The Bertz CT molecular complexity index is 310. The van der Waals surface area contributed by atoms with E-state index in [0.717, 1.165) is 4.90 Å². The van der Waals surface area contributed by atoms with Crippen LogP contribution in [-0.4, -0.2) is 66.1 Å². The first-order valence-corrected chi connectivity index (χ1v) is 5.90. The number of β-amino-alcohol motifs (C(OH)–C–C–N with tert-alkyl or cyclic N) is 1. The van der Waals surface area contributed by atoms with E-state index in [2.05, 4.69) is 5.32 Å². The van der Waals surface area contributed by atoms with Gasteiger partial charge in [-0.05, 0) is 5.92 Å². The van der Waals surface area contributed by atoms with Crippen LogP contribution in [0.1, 0.15) is 13.3 Å². The predicted octanol–water partition coefficient (Wildman–Crippen LogP) is -0.502. The molecule has 7 heteroatoms. The number of nitrogens with one attached hydrogen (secondary N) is 1. The summed E-state index contributed by atoms with van der Waals surface area (Å²) in [6, 6.07) is -1.40. The summed E-state index contributed by atoms with van der Waals surface area (Å²) >= 11 is 0. The number of aliphatic hydroxyl groups is 1. The summed E-state index contributed by atoms with van der Waals surface area (Å²) in [6.07, 6.45) is -0.690. The summed E-state index contributed by atoms with van der Waals surface area (Å²) < 4.78 is 4.94. The number of carbonyl (C=O) groups excluding carboxylic acids is 1. The molecule has 1 saturated heterocycles. The Morgan fingerprint density at radius 1 is 1.56 bits per heavy atom. The summed E-state index contributed by atoms with van der Waals surface area (Å²) in [4.78, 5) is 23.9. The Morgan fingerprint density at radius 3 is 2.78 bits per heavy atom. The zero-order valence-electron chi connectivity index (χ0n) is 10.6. The molecule has 1 heterocycles. The fraction of sp³-hybridized carbons (Fsp3) is 0.818. The molecule has 1 aliphatic heterocycles. The largest absolute Gasteiger partial charge is 0.480 e. The summed E-state index contributed by atoms with van der Waals surface area (Å²) in [7, 11) is 1.58. The van der Waals surface area contributed by atoms with Gasteiger partial charge >= 0.3 is 12.0 Å². The van der Waals surface area contributed by atoms with Crippen LogP contribution in [0.25, 0.3) is 0 Å². The van der Waals surface area contributed by atoms with E-state index in [-0.39, 0.29) is 18.9 Å². The zero-order chi connectivity index (χ0) is 13.7. The number of amides is 2. The van der Waals surface area contributed by atoms with E-state index in [1.807, 2.05) is 6.92 Å². The number of carbonyl (C=O) groups is 2. The number of methoxy groups -OCH3 is 1. The smallest absolute Gasteiger partial charge is 0.326 e. The van der Waals surface area contributed by atoms with Crippen molar-refractivity contribution in [1.82, 2.24) is 10.2 Å². The highest BCUT2D eigenvalue weighted by Crippen LogP contribution is 2.18. The summed E-state index contributed by atoms with van der Waals surface area (Å²) in [5.74, 6) is -0.943. The van der Waals surface area contributed by atoms with Crippen molar-refractivity contribution in [3.8, 4) is 0 Å². The van der Waals surface area contributed by atoms with Crippen molar-refractivity contribution in [2.24, 2.45) is 5.92 Å². The van der Waals surface area contributed by atoms with Crippen molar-refractivity contribution in [1.29, 1.82) is 0 Å². The van der Waals surface area contributed by atoms with Crippen LogP contribution in [0.15, 0.2) is 0 Å². The fourth-order valence-electron chi connectivity index (χ4n) is 1.98. The van der Waals surface area contributed by atoms with Gasteiger partial charge in [-0.15, -0.1) is 0 Å². The molecule has 0 saturated carbocycles. The standard InChI is InChI=1S/C11H20N2O5/c1-7(6-18-2)4-12-11(17)13-5-8(14)3-9(13)10(15)16/h7-9,14H,3-6H2,1-2H3,(H,12,17)(H,15,16)/t7?,8-,9+/m1/s1. The van der Waals surface area contributed by atoms with Crippen LogP contribution in [0.5, 0.6) is 0 Å². The lowest BCUT2D eigenvalue weighted by molar-refractivity contribution is -0.141. The molecule has 0 aliphatic carbocycles. The Labute approximate surface area is 106 Å². The van der Waals surface area contributed by atoms with Crippen molar-refractivity contribution in [2.45, 2.75) is 25.5 Å². The summed E-state index contributed by atoms with van der Waals surface area (Å²) in [6.45, 7) is 2.90. The maximum absolute atomic E-state index is 11.8. The monoisotopic (exact) mass is 260 g/mol. The Kier molecular flexibility index (Phi) is 5.36. The average Bonchev–Trinajstić information content (AvgIpc) is 2.69. The number of rotatable bonds is 5. The molecule has 1 aliphatic rings. The van der Waals surface area contributed by atoms with Crippen molar-refractivity contribution < 1.29 is 24.5 Å². The van der Waals surface area contributed by atoms with Crippen molar-refractivity contribution >= 4 is 12.0 Å². The highest BCUT2D eigenvalue weighted by molar-refractivity contribution is 5.83. The minimum Gasteiger partial charge on any atom is -0.480 e. The van der Waals surface area contributed by atoms with Gasteiger partial charge in [-0.2, -0.15) is 0 Å². The molecule has 104 valence electrons. The third-order valence-electron chi connectivity index (χ3n) is 2.88. The molecule has 0 aromatic heterocycles. The molecule has 3 atom stereocenters. The van der Waals surface area contributed by atoms with Crippen LogP contribution < -0.4 is 5.32 Å². The molecule has 3 N–H and O–H groups in total. The van der Waals surface area contributed by atoms with Crippen LogP contribution in [0.4, 0.5) is 4.79 Å². The van der Waals surface area contributed by atoms with Crippen LogP contribution >= 0.6 is 0 Å². The molecule has 1 unspecified atom stereocenters. The van der Waals surface area contributed by atoms with Gasteiger partial charge in [0.05, 0.1) is 12.7 Å². The van der Waals surface area contributed by atoms with E-state index in [1.165, 1.54) is 0 Å². The number of hydrogen-bond acceptors (Lipinski definition) is 4. The van der Waals surface area contributed by atoms with Crippen molar-refractivity contribution in [3.05, 3.63) is 0 Å². The maximum atomic E-state index is 11.8. The number of nitrogens with zero attached hydrogens (tertiary/aromatic N) is 1. The molecule has 0 radical (unpaired) electrons. The lowest BCUT2D eigenvalue weighted by Crippen LogP contribution is -2.47. The Hall–Kier alpha value is -1.34. The van der Waals surface area contributed by atoms with Gasteiger partial charge in [-0.3, -0.25) is 0 Å². The predicted molar refractivity (Wildman–Crippen MR) is 63.2 cm³/mol. The SMILES string of the molecule is COCC(C)CNC(=O)N1C[C@H](O)C[C@H]1C(=O)O. The van der Waals surface area contributed by atoms with Gasteiger partial charge in [-0.1, -0.05) is 6.92 Å². The number of aliphatic carboxylic acids is 1. The molecule has 0 aromatic carbocycles. The number of urea groups is 1. The highest BCUT2D eigenvalue weighted by atomic mass is 16.5. The van der Waals surface area contributed by atoms with Crippen LogP contribution in [0, 0.1) is 5.92 Å². The van der Waals surface area contributed by atoms with E-state index in [0.29, 0.717) is 13.2 Å². The van der Waals surface area contributed by atoms with Crippen molar-refractivity contribution in [3.63, 3.8) is 0 Å². The third-order valence-corrected chi connectivity index (χ3v) is 2.88. The molecular formula is C11H20N2O5. The maximum Gasteiger partial charge on any atom is 0.326 e. The number of aliphatic hydroxyl groups excluding tert-OH is 1. The number of carboxylic acids is 1. The minimum absolute atomic E-state index is 0.0570. The average molecular weight is 260 g/mol. The first-order valence-electron chi connectivity index (χ1n) is 5.90. The second-order valence-electron chi connectivity index (χ2n) is 4.64. The van der Waals surface area contributed by atoms with E-state index in [9.17, 15) is 14.7 Å². The zero-order valence-corrected chi connectivity index (χ0v) is 10.6. The second kappa shape index (κ2) is 6.55. The molecule has 2 amide bonds. The molecule has 18 heavy (non-hydrogen) atoms. The number of likely N-dealkylation sites (tertiary alicyclic amines) is 1. The van der Waals surface area contributed by atoms with Gasteiger partial charge in [0.15, 0.2) is 0 Å². The van der Waals surface area contributed by atoms with E-state index in [1.54, 1.807) is 7.11 Å². The van der Waals surface area contributed by atoms with Crippen molar-refractivity contribution in [2.75, 3.05) is 26.8 Å². The summed E-state index contributed by atoms with van der Waals surface area (Å²) in [5, 5.41) is 21.0. The molecule has 1 rings (SSSR count). The third kappa shape index (κ3) is 3.85. The van der Waals surface area contributed by atoms with E-state index >= 15 is 0 Å². The van der Waals surface area contributed by atoms with Gasteiger partial charge < -0.3 is 25.2 Å². The Balaban J connectivity index is 2.47. The number of carboxylic acid groups (broad SMARTS) is 1. The highest BCUT2D eigenvalue weighted by Gasteiger charge is 2.38. The summed E-state index contributed by atoms with van der Waals surface area (Å²) in [5.41, 5.74) is 0. The topological polar surface area (TPSA) is 99.1 Å². The molecule has 0 bridgehead atoms. The second-order valence-corrected chi connectivity index (χ2v) is 4.64. The molecule has 7 nitrogen and oxygen atoms in total. The number of ether oxygens (including phenoxy) is 1. The van der Waals surface area contributed by atoms with Crippen LogP contribution in [0.3, 0.4) is 0 Å². The lowest BCUT2D eigenvalue weighted by Gasteiger charge is -2.22. The van der Waals surface area contributed by atoms with Gasteiger partial charge in [-0.25, -0.2) is 9.59 Å². The quantitative estimate of drug-likeness (QED) is 0.619. The first kappa shape index (κ1) is 14.7. The molecular weight excluding hydrogens is 240 g/mol. The Morgan fingerprint density at radius 2 is 2.22 bits per heavy atom. The van der Waals surface area contributed by atoms with Crippen LogP contribution in [0.2, 0.25) is 0 Å². The van der Waals surface area contributed by atoms with Gasteiger partial charge in [0.1, 0.15) is 6.04 Å². The van der Waals surface area contributed by atoms with E-state index < -0.39 is 24.1 Å². The normalized spacial score (nSPS) is 24.9. The first-order chi connectivity index (χ1) is 8.45. The lowest BCUT2D eigenvalue weighted by atomic mass is 10.2. The van der Waals surface area contributed by atoms with Gasteiger partial charge in [0.25, 0.3) is 0 Å². The minimum atomic E-state index is -1.09.